The molecule has 4 nitrogen and oxygen atoms in total. The van der Waals surface area contributed by atoms with Crippen LogP contribution in [0.4, 0.5) is 0 Å². The van der Waals surface area contributed by atoms with E-state index < -0.39 is 0 Å². The van der Waals surface area contributed by atoms with Gasteiger partial charge in [0, 0.05) is 18.2 Å². The van der Waals surface area contributed by atoms with E-state index in [-0.39, 0.29) is 0 Å². The van der Waals surface area contributed by atoms with Gasteiger partial charge in [-0.1, -0.05) is 12.1 Å². The Morgan fingerprint density at radius 3 is 2.17 bits per heavy atom. The molecule has 2 aromatic rings. The van der Waals surface area contributed by atoms with E-state index in [1.54, 1.807) is 21.3 Å². The summed E-state index contributed by atoms with van der Waals surface area (Å²) in [5, 5.41) is 3.70. The van der Waals surface area contributed by atoms with E-state index in [1.807, 2.05) is 30.3 Å². The first kappa shape index (κ1) is 16.7. The van der Waals surface area contributed by atoms with E-state index in [9.17, 15) is 0 Å². The fourth-order valence-corrected chi connectivity index (χ4v) is 3.04. The van der Waals surface area contributed by atoms with Crippen molar-refractivity contribution in [1.29, 1.82) is 0 Å². The van der Waals surface area contributed by atoms with Crippen molar-refractivity contribution in [3.8, 4) is 17.2 Å². The van der Waals surface area contributed by atoms with E-state index >= 15 is 0 Å². The number of methoxy groups -OCH3 is 3. The van der Waals surface area contributed by atoms with Gasteiger partial charge < -0.3 is 19.5 Å². The average molecular weight is 327 g/mol. The lowest BCUT2D eigenvalue weighted by atomic mass is 10.0. The van der Waals surface area contributed by atoms with E-state index in [4.69, 9.17) is 14.2 Å². The molecule has 0 aliphatic heterocycles. The monoisotopic (exact) mass is 327 g/mol. The maximum atomic E-state index is 5.48. The normalized spacial score (nSPS) is 15.0. The van der Waals surface area contributed by atoms with Gasteiger partial charge in [0.25, 0.3) is 0 Å². The van der Waals surface area contributed by atoms with Gasteiger partial charge in [0.1, 0.15) is 17.2 Å². The molecule has 1 fully saturated rings. The van der Waals surface area contributed by atoms with Gasteiger partial charge in [0.15, 0.2) is 0 Å². The van der Waals surface area contributed by atoms with Crippen molar-refractivity contribution in [2.45, 2.75) is 25.4 Å². The lowest BCUT2D eigenvalue weighted by molar-refractivity contribution is 0.392. The van der Waals surface area contributed by atoms with Crippen molar-refractivity contribution in [2.75, 3.05) is 21.3 Å². The molecule has 3 rings (SSSR count). The second kappa shape index (κ2) is 7.58. The minimum Gasteiger partial charge on any atom is -0.497 e. The Bertz CT molecular complexity index is 665. The molecule has 0 spiro atoms. The van der Waals surface area contributed by atoms with Crippen LogP contribution < -0.4 is 19.5 Å². The molecule has 1 aliphatic carbocycles. The van der Waals surface area contributed by atoms with Gasteiger partial charge in [-0.2, -0.15) is 0 Å². The summed E-state index contributed by atoms with van der Waals surface area (Å²) in [5.74, 6) is 3.32. The van der Waals surface area contributed by atoms with Gasteiger partial charge in [-0.05, 0) is 54.7 Å². The molecule has 24 heavy (non-hydrogen) atoms. The van der Waals surface area contributed by atoms with Crippen LogP contribution in [0.1, 0.15) is 30.0 Å². The summed E-state index contributed by atoms with van der Waals surface area (Å²) in [6.45, 7) is 0.744. The highest BCUT2D eigenvalue weighted by Gasteiger charge is 2.32. The Labute approximate surface area is 143 Å². The Morgan fingerprint density at radius 1 is 0.917 bits per heavy atom. The molecule has 2 aromatic carbocycles. The van der Waals surface area contributed by atoms with Crippen molar-refractivity contribution in [3.05, 3.63) is 53.6 Å². The maximum Gasteiger partial charge on any atom is 0.123 e. The molecule has 1 aliphatic rings. The van der Waals surface area contributed by atoms with Crippen LogP contribution in [-0.4, -0.2) is 21.3 Å². The van der Waals surface area contributed by atoms with Crippen molar-refractivity contribution in [2.24, 2.45) is 5.92 Å². The molecule has 0 aromatic heterocycles. The molecule has 0 heterocycles. The highest BCUT2D eigenvalue weighted by Crippen LogP contribution is 2.41. The third-order valence-corrected chi connectivity index (χ3v) is 4.57. The highest BCUT2D eigenvalue weighted by molar-refractivity contribution is 5.40. The number of nitrogens with one attached hydrogen (secondary N) is 1. The fourth-order valence-electron chi connectivity index (χ4n) is 3.04. The predicted octanol–water partition coefficient (Wildman–Crippen LogP) is 3.95. The number of ether oxygens (including phenoxy) is 3. The van der Waals surface area contributed by atoms with Crippen LogP contribution in [0, 0.1) is 5.92 Å². The van der Waals surface area contributed by atoms with Gasteiger partial charge in [0.2, 0.25) is 0 Å². The maximum absolute atomic E-state index is 5.48. The molecule has 1 N–H and O–H groups in total. The predicted molar refractivity (Wildman–Crippen MR) is 94.8 cm³/mol. The lowest BCUT2D eigenvalue weighted by Gasteiger charge is -2.20. The van der Waals surface area contributed by atoms with E-state index in [1.165, 1.54) is 18.4 Å². The lowest BCUT2D eigenvalue weighted by Crippen LogP contribution is -2.23. The zero-order valence-corrected chi connectivity index (χ0v) is 14.5. The minimum absolute atomic E-state index is 0.354. The van der Waals surface area contributed by atoms with E-state index in [0.717, 1.165) is 29.4 Å². The molecule has 0 bridgehead atoms. The van der Waals surface area contributed by atoms with Crippen molar-refractivity contribution in [3.63, 3.8) is 0 Å². The second-order valence-corrected chi connectivity index (χ2v) is 6.15. The first-order chi connectivity index (χ1) is 11.7. The standard InChI is InChI=1S/C20H25NO3/c1-22-17-8-6-15(7-9-17)20(14-4-5-14)21-13-16-12-18(23-2)10-11-19(16)24-3/h6-12,14,20-21H,4-5,13H2,1-3H3. The number of hydrogen-bond donors (Lipinski definition) is 1. The third-order valence-electron chi connectivity index (χ3n) is 4.57. The first-order valence-corrected chi connectivity index (χ1v) is 8.33. The van der Waals surface area contributed by atoms with Crippen LogP contribution in [0.25, 0.3) is 0 Å². The summed E-state index contributed by atoms with van der Waals surface area (Å²) in [7, 11) is 5.08. The topological polar surface area (TPSA) is 39.7 Å². The summed E-state index contributed by atoms with van der Waals surface area (Å²) in [4.78, 5) is 0. The molecule has 128 valence electrons. The Morgan fingerprint density at radius 2 is 1.58 bits per heavy atom. The van der Waals surface area contributed by atoms with Gasteiger partial charge in [-0.25, -0.2) is 0 Å². The summed E-state index contributed by atoms with van der Waals surface area (Å²) in [5.41, 5.74) is 2.41. The fraction of sp³-hybridized carbons (Fsp3) is 0.400. The van der Waals surface area contributed by atoms with Crippen molar-refractivity contribution >= 4 is 0 Å². The van der Waals surface area contributed by atoms with Crippen LogP contribution in [-0.2, 0) is 6.54 Å². The van der Waals surface area contributed by atoms with Crippen LogP contribution in [0.5, 0.6) is 17.2 Å². The largest absolute Gasteiger partial charge is 0.497 e. The van der Waals surface area contributed by atoms with E-state index in [2.05, 4.69) is 17.4 Å². The molecule has 0 amide bonds. The molecule has 0 radical (unpaired) electrons. The zero-order valence-electron chi connectivity index (χ0n) is 14.5. The second-order valence-electron chi connectivity index (χ2n) is 6.15. The third kappa shape index (κ3) is 3.82. The smallest absolute Gasteiger partial charge is 0.123 e. The molecule has 1 unspecified atom stereocenters. The van der Waals surface area contributed by atoms with Gasteiger partial charge in [-0.3, -0.25) is 0 Å². The summed E-state index contributed by atoms with van der Waals surface area (Å²) in [6, 6.07) is 14.6. The Kier molecular flexibility index (Phi) is 5.26. The first-order valence-electron chi connectivity index (χ1n) is 8.33. The molecule has 4 heteroatoms. The molecule has 1 atom stereocenters. The highest BCUT2D eigenvalue weighted by atomic mass is 16.5. The summed E-state index contributed by atoms with van der Waals surface area (Å²) in [6.07, 6.45) is 2.55. The number of benzene rings is 2. The average Bonchev–Trinajstić information content (AvgIpc) is 3.47. The number of rotatable bonds is 8. The molecular weight excluding hydrogens is 302 g/mol. The van der Waals surface area contributed by atoms with Gasteiger partial charge in [0.05, 0.1) is 21.3 Å². The molecular formula is C20H25NO3. The van der Waals surface area contributed by atoms with Crippen LogP contribution in [0.2, 0.25) is 0 Å². The van der Waals surface area contributed by atoms with Gasteiger partial charge >= 0.3 is 0 Å². The van der Waals surface area contributed by atoms with Crippen LogP contribution >= 0.6 is 0 Å². The zero-order chi connectivity index (χ0) is 16.9. The van der Waals surface area contributed by atoms with Crippen molar-refractivity contribution < 1.29 is 14.2 Å². The Hall–Kier alpha value is -2.20. The van der Waals surface area contributed by atoms with Crippen molar-refractivity contribution in [1.82, 2.24) is 5.32 Å². The summed E-state index contributed by atoms with van der Waals surface area (Å²) >= 11 is 0. The quantitative estimate of drug-likeness (QED) is 0.797. The molecule has 1 saturated carbocycles. The SMILES string of the molecule is COc1ccc(C(NCc2cc(OC)ccc2OC)C2CC2)cc1. The minimum atomic E-state index is 0.354. The summed E-state index contributed by atoms with van der Waals surface area (Å²) < 4.78 is 16.1. The van der Waals surface area contributed by atoms with E-state index in [0.29, 0.717) is 12.0 Å². The van der Waals surface area contributed by atoms with Gasteiger partial charge in [-0.15, -0.1) is 0 Å². The molecule has 0 saturated heterocycles. The van der Waals surface area contributed by atoms with Crippen LogP contribution in [0.15, 0.2) is 42.5 Å². The van der Waals surface area contributed by atoms with Crippen LogP contribution in [0.3, 0.4) is 0 Å². The Balaban J connectivity index is 1.74. The number of hydrogen-bond acceptors (Lipinski definition) is 4.